The van der Waals surface area contributed by atoms with Crippen LogP contribution in [0.25, 0.3) is 0 Å². The number of rotatable bonds is 2. The number of benzene rings is 1. The maximum absolute atomic E-state index is 12.8. The molecule has 1 aromatic rings. The summed E-state index contributed by atoms with van der Waals surface area (Å²) in [5, 5.41) is 3.01. The molecule has 0 aliphatic carbocycles. The lowest BCUT2D eigenvalue weighted by molar-refractivity contribution is -0.121. The Morgan fingerprint density at radius 3 is 2.91 bits per heavy atom. The molecule has 0 bridgehead atoms. The summed E-state index contributed by atoms with van der Waals surface area (Å²) >= 11 is 0. The largest absolute Gasteiger partial charge is 0.352 e. The topological polar surface area (TPSA) is 52.7 Å². The van der Waals surface area contributed by atoms with Crippen LogP contribution in [0.4, 0.5) is 10.5 Å². The van der Waals surface area contributed by atoms with Crippen molar-refractivity contribution in [2.45, 2.75) is 38.6 Å². The molecule has 1 aromatic carbocycles. The highest BCUT2D eigenvalue weighted by Crippen LogP contribution is 2.29. The second-order valence-corrected chi connectivity index (χ2v) is 6.02. The predicted molar refractivity (Wildman–Crippen MR) is 85.9 cm³/mol. The summed E-state index contributed by atoms with van der Waals surface area (Å²) in [6.45, 7) is 3.99. The van der Waals surface area contributed by atoms with Crippen LogP contribution in [0.2, 0.25) is 0 Å². The zero-order valence-corrected chi connectivity index (χ0v) is 13.0. The van der Waals surface area contributed by atoms with Crippen LogP contribution in [0.3, 0.4) is 0 Å². The van der Waals surface area contributed by atoms with Gasteiger partial charge < -0.3 is 10.2 Å². The average Bonchev–Trinajstić information content (AvgIpc) is 2.98. The Hall–Kier alpha value is -2.04. The molecule has 1 unspecified atom stereocenters. The predicted octanol–water partition coefficient (Wildman–Crippen LogP) is 2.16. The fourth-order valence-corrected chi connectivity index (χ4v) is 3.31. The van der Waals surface area contributed by atoms with Gasteiger partial charge in [-0.25, -0.2) is 4.79 Å². The van der Waals surface area contributed by atoms with Gasteiger partial charge in [-0.05, 0) is 30.9 Å². The van der Waals surface area contributed by atoms with Crippen molar-refractivity contribution < 1.29 is 9.59 Å². The number of likely N-dealkylation sites (tertiary alicyclic amines) is 1. The quantitative estimate of drug-likeness (QED) is 0.910. The van der Waals surface area contributed by atoms with E-state index in [0.717, 1.165) is 38.0 Å². The molecule has 3 amide bonds. The first kappa shape index (κ1) is 14.9. The average molecular weight is 301 g/mol. The Morgan fingerprint density at radius 1 is 1.27 bits per heavy atom. The lowest BCUT2D eigenvalue weighted by Crippen LogP contribution is -2.53. The van der Waals surface area contributed by atoms with Crippen molar-refractivity contribution in [3.05, 3.63) is 29.8 Å². The zero-order chi connectivity index (χ0) is 15.5. The van der Waals surface area contributed by atoms with Crippen molar-refractivity contribution in [3.8, 4) is 0 Å². The third-order valence-corrected chi connectivity index (χ3v) is 4.50. The smallest absolute Gasteiger partial charge is 0.324 e. The van der Waals surface area contributed by atoms with Crippen molar-refractivity contribution in [3.63, 3.8) is 0 Å². The molecular weight excluding hydrogens is 278 g/mol. The van der Waals surface area contributed by atoms with E-state index in [1.165, 1.54) is 5.56 Å². The Morgan fingerprint density at radius 2 is 2.09 bits per heavy atom. The molecule has 0 aromatic heterocycles. The molecule has 118 valence electrons. The number of urea groups is 1. The van der Waals surface area contributed by atoms with Gasteiger partial charge in [-0.1, -0.05) is 25.1 Å². The molecule has 2 aliphatic heterocycles. The maximum Gasteiger partial charge on any atom is 0.324 e. The van der Waals surface area contributed by atoms with Crippen molar-refractivity contribution in [2.75, 3.05) is 24.5 Å². The number of carbonyl (C=O) groups excluding carboxylic acids is 2. The molecule has 22 heavy (non-hydrogen) atoms. The van der Waals surface area contributed by atoms with E-state index in [4.69, 9.17) is 0 Å². The first-order valence-electron chi connectivity index (χ1n) is 8.12. The highest BCUT2D eigenvalue weighted by Gasteiger charge is 2.31. The van der Waals surface area contributed by atoms with Gasteiger partial charge in [0.25, 0.3) is 0 Å². The van der Waals surface area contributed by atoms with Crippen LogP contribution in [0, 0.1) is 0 Å². The van der Waals surface area contributed by atoms with E-state index in [1.54, 1.807) is 0 Å². The van der Waals surface area contributed by atoms with Gasteiger partial charge in [0, 0.05) is 37.8 Å². The Labute approximate surface area is 131 Å². The van der Waals surface area contributed by atoms with Gasteiger partial charge in [0.05, 0.1) is 0 Å². The van der Waals surface area contributed by atoms with Gasteiger partial charge in [-0.2, -0.15) is 0 Å². The van der Waals surface area contributed by atoms with Crippen LogP contribution in [-0.4, -0.2) is 42.5 Å². The van der Waals surface area contributed by atoms with Crippen LogP contribution < -0.4 is 10.2 Å². The summed E-state index contributed by atoms with van der Waals surface area (Å²) in [7, 11) is 0. The number of amides is 3. The minimum Gasteiger partial charge on any atom is -0.352 e. The van der Waals surface area contributed by atoms with Crippen molar-refractivity contribution in [1.29, 1.82) is 0 Å². The number of nitrogens with zero attached hydrogens (tertiary/aromatic N) is 2. The number of anilines is 1. The summed E-state index contributed by atoms with van der Waals surface area (Å²) in [4.78, 5) is 28.1. The normalized spacial score (nSPS) is 20.7. The summed E-state index contributed by atoms with van der Waals surface area (Å²) in [6, 6.07) is 8.25. The van der Waals surface area contributed by atoms with Gasteiger partial charge in [-0.15, -0.1) is 0 Å². The number of piperidine rings is 1. The Bertz CT molecular complexity index is 573. The van der Waals surface area contributed by atoms with E-state index >= 15 is 0 Å². The van der Waals surface area contributed by atoms with Crippen molar-refractivity contribution in [2.24, 2.45) is 0 Å². The molecule has 0 spiro atoms. The van der Waals surface area contributed by atoms with Gasteiger partial charge in [0.2, 0.25) is 5.91 Å². The summed E-state index contributed by atoms with van der Waals surface area (Å²) in [5.74, 6) is 0.0609. The SMILES string of the molecule is CCC(=O)NC1CCCN(C(=O)N2CCc3ccccc32)C1. The molecule has 1 saturated heterocycles. The maximum atomic E-state index is 12.8. The van der Waals surface area contributed by atoms with E-state index in [2.05, 4.69) is 11.4 Å². The van der Waals surface area contributed by atoms with Crippen LogP contribution in [0.5, 0.6) is 0 Å². The van der Waals surface area contributed by atoms with E-state index in [9.17, 15) is 9.59 Å². The molecule has 5 heteroatoms. The molecule has 2 aliphatic rings. The zero-order valence-electron chi connectivity index (χ0n) is 13.0. The molecule has 1 atom stereocenters. The highest BCUT2D eigenvalue weighted by molar-refractivity contribution is 5.94. The summed E-state index contributed by atoms with van der Waals surface area (Å²) < 4.78 is 0. The van der Waals surface area contributed by atoms with Crippen LogP contribution in [-0.2, 0) is 11.2 Å². The van der Waals surface area contributed by atoms with Crippen LogP contribution in [0.1, 0.15) is 31.7 Å². The Kier molecular flexibility index (Phi) is 4.32. The minimum atomic E-state index is 0.0609. The lowest BCUT2D eigenvalue weighted by Gasteiger charge is -2.35. The number of nitrogens with one attached hydrogen (secondary N) is 1. The number of hydrogen-bond acceptors (Lipinski definition) is 2. The van der Waals surface area contributed by atoms with Gasteiger partial charge in [0.1, 0.15) is 0 Å². The summed E-state index contributed by atoms with van der Waals surface area (Å²) in [5.41, 5.74) is 2.27. The van der Waals surface area contributed by atoms with Crippen molar-refractivity contribution >= 4 is 17.6 Å². The van der Waals surface area contributed by atoms with Crippen molar-refractivity contribution in [1.82, 2.24) is 10.2 Å². The molecule has 2 heterocycles. The monoisotopic (exact) mass is 301 g/mol. The second-order valence-electron chi connectivity index (χ2n) is 6.02. The summed E-state index contributed by atoms with van der Waals surface area (Å²) in [6.07, 6.45) is 3.30. The highest BCUT2D eigenvalue weighted by atomic mass is 16.2. The number of hydrogen-bond donors (Lipinski definition) is 1. The minimum absolute atomic E-state index is 0.0609. The van der Waals surface area contributed by atoms with E-state index in [-0.39, 0.29) is 18.0 Å². The fourth-order valence-electron chi connectivity index (χ4n) is 3.31. The molecule has 5 nitrogen and oxygen atoms in total. The molecule has 1 N–H and O–H groups in total. The number of para-hydroxylation sites is 1. The van der Waals surface area contributed by atoms with E-state index < -0.39 is 0 Å². The molecule has 0 radical (unpaired) electrons. The molecular formula is C17H23N3O2. The molecule has 0 saturated carbocycles. The standard InChI is InChI=1S/C17H23N3O2/c1-2-16(21)18-14-7-5-10-19(12-14)17(22)20-11-9-13-6-3-4-8-15(13)20/h3-4,6,8,14H,2,5,7,9-12H2,1H3,(H,18,21). The van der Waals surface area contributed by atoms with E-state index in [0.29, 0.717) is 13.0 Å². The van der Waals surface area contributed by atoms with Crippen LogP contribution in [0.15, 0.2) is 24.3 Å². The van der Waals surface area contributed by atoms with Crippen LogP contribution >= 0.6 is 0 Å². The first-order valence-corrected chi connectivity index (χ1v) is 8.12. The molecule has 1 fully saturated rings. The van der Waals surface area contributed by atoms with E-state index in [1.807, 2.05) is 34.9 Å². The van der Waals surface area contributed by atoms with Gasteiger partial charge in [0.15, 0.2) is 0 Å². The first-order chi connectivity index (χ1) is 10.7. The van der Waals surface area contributed by atoms with Gasteiger partial charge >= 0.3 is 6.03 Å². The third-order valence-electron chi connectivity index (χ3n) is 4.50. The fraction of sp³-hybridized carbons (Fsp3) is 0.529. The Balaban J connectivity index is 1.66. The molecule has 3 rings (SSSR count). The number of carbonyl (C=O) groups is 2. The number of fused-ring (bicyclic) bond motifs is 1. The third kappa shape index (κ3) is 2.93. The lowest BCUT2D eigenvalue weighted by atomic mass is 10.1. The van der Waals surface area contributed by atoms with Gasteiger partial charge in [-0.3, -0.25) is 9.69 Å². The second kappa shape index (κ2) is 6.38.